The topological polar surface area (TPSA) is 113 Å². The maximum absolute atomic E-state index is 12.2. The summed E-state index contributed by atoms with van der Waals surface area (Å²) < 4.78 is 5.17. The van der Waals surface area contributed by atoms with E-state index in [1.807, 2.05) is 0 Å². The maximum atomic E-state index is 12.2. The van der Waals surface area contributed by atoms with Gasteiger partial charge in [-0.05, 0) is 6.92 Å². The zero-order chi connectivity index (χ0) is 14.2. The minimum absolute atomic E-state index is 0.0292. The molecule has 1 unspecified atom stereocenters. The smallest absolute Gasteiger partial charge is 0.328 e. The van der Waals surface area contributed by atoms with Crippen molar-refractivity contribution >= 4 is 17.8 Å². The average molecular weight is 267 g/mol. The van der Waals surface area contributed by atoms with Crippen LogP contribution in [0.4, 0.5) is 0 Å². The Morgan fingerprint density at radius 2 is 2.16 bits per heavy atom. The van der Waals surface area contributed by atoms with E-state index in [0.29, 0.717) is 11.6 Å². The van der Waals surface area contributed by atoms with E-state index in [1.165, 1.54) is 0 Å². The number of aromatic nitrogens is 1. The van der Waals surface area contributed by atoms with Crippen LogP contribution in [0.3, 0.4) is 0 Å². The summed E-state index contributed by atoms with van der Waals surface area (Å²) in [6.07, 6.45) is 0. The molecule has 1 aliphatic heterocycles. The second-order valence-corrected chi connectivity index (χ2v) is 4.24. The number of aliphatic carboxylic acids is 1. The van der Waals surface area contributed by atoms with Crippen molar-refractivity contribution in [1.82, 2.24) is 15.2 Å². The Morgan fingerprint density at radius 3 is 2.68 bits per heavy atom. The Morgan fingerprint density at radius 1 is 1.47 bits per heavy atom. The molecule has 1 atom stereocenters. The van der Waals surface area contributed by atoms with Gasteiger partial charge in [0.2, 0.25) is 11.7 Å². The van der Waals surface area contributed by atoms with Gasteiger partial charge in [-0.1, -0.05) is 0 Å². The van der Waals surface area contributed by atoms with Gasteiger partial charge in [-0.15, -0.1) is 0 Å². The van der Waals surface area contributed by atoms with Crippen LogP contribution < -0.4 is 5.32 Å². The molecule has 0 aromatic carbocycles. The van der Waals surface area contributed by atoms with E-state index < -0.39 is 23.8 Å². The Hall–Kier alpha value is -2.38. The Labute approximate surface area is 108 Å². The largest absolute Gasteiger partial charge is 0.480 e. The molecule has 8 nitrogen and oxygen atoms in total. The van der Waals surface area contributed by atoms with Crippen molar-refractivity contribution in [2.45, 2.75) is 19.9 Å². The van der Waals surface area contributed by atoms with E-state index in [4.69, 9.17) is 9.52 Å². The molecule has 1 aromatic rings. The van der Waals surface area contributed by atoms with Crippen molar-refractivity contribution in [2.24, 2.45) is 0 Å². The predicted octanol–water partition coefficient (Wildman–Crippen LogP) is -0.683. The molecule has 2 heterocycles. The van der Waals surface area contributed by atoms with Gasteiger partial charge in [0.05, 0.1) is 5.69 Å². The highest BCUT2D eigenvalue weighted by Gasteiger charge is 2.37. The Kier molecular flexibility index (Phi) is 3.24. The molecule has 1 aromatic heterocycles. The van der Waals surface area contributed by atoms with Crippen molar-refractivity contribution in [2.75, 3.05) is 13.1 Å². The molecule has 1 saturated heterocycles. The first kappa shape index (κ1) is 13.1. The second-order valence-electron chi connectivity index (χ2n) is 4.24. The van der Waals surface area contributed by atoms with Crippen LogP contribution in [0, 0.1) is 13.8 Å². The third-order valence-electron chi connectivity index (χ3n) is 2.83. The summed E-state index contributed by atoms with van der Waals surface area (Å²) >= 11 is 0. The summed E-state index contributed by atoms with van der Waals surface area (Å²) in [5.74, 6) is -1.94. The molecule has 102 valence electrons. The van der Waals surface area contributed by atoms with Gasteiger partial charge in [0.25, 0.3) is 5.91 Å². The first-order valence-corrected chi connectivity index (χ1v) is 5.64. The monoisotopic (exact) mass is 267 g/mol. The first-order valence-electron chi connectivity index (χ1n) is 5.64. The van der Waals surface area contributed by atoms with Gasteiger partial charge in [0.15, 0.2) is 5.89 Å². The minimum Gasteiger partial charge on any atom is -0.480 e. The molecule has 0 spiro atoms. The molecule has 2 N–H and O–H groups in total. The molecule has 2 amide bonds. The summed E-state index contributed by atoms with van der Waals surface area (Å²) in [5.41, 5.74) is 0.373. The summed E-state index contributed by atoms with van der Waals surface area (Å²) in [6, 6.07) is -1.10. The van der Waals surface area contributed by atoms with Crippen LogP contribution in [-0.2, 0) is 9.59 Å². The van der Waals surface area contributed by atoms with Crippen LogP contribution in [0.5, 0.6) is 0 Å². The number of carboxylic acids is 1. The quantitative estimate of drug-likeness (QED) is 0.733. The molecule has 8 heteroatoms. The maximum Gasteiger partial charge on any atom is 0.328 e. The van der Waals surface area contributed by atoms with Gasteiger partial charge < -0.3 is 19.7 Å². The van der Waals surface area contributed by atoms with Gasteiger partial charge in [0, 0.05) is 13.5 Å². The average Bonchev–Trinajstić information content (AvgIpc) is 2.67. The van der Waals surface area contributed by atoms with E-state index in [0.717, 1.165) is 4.90 Å². The third-order valence-corrected chi connectivity index (χ3v) is 2.83. The fourth-order valence-corrected chi connectivity index (χ4v) is 1.94. The van der Waals surface area contributed by atoms with Gasteiger partial charge in [-0.3, -0.25) is 9.59 Å². The molecule has 1 fully saturated rings. The molecule has 0 saturated carbocycles. The fraction of sp³-hybridized carbons (Fsp3) is 0.455. The van der Waals surface area contributed by atoms with E-state index in [9.17, 15) is 14.4 Å². The Balaban J connectivity index is 2.31. The number of aryl methyl sites for hydroxylation is 2. The summed E-state index contributed by atoms with van der Waals surface area (Å²) in [7, 11) is 0. The van der Waals surface area contributed by atoms with E-state index in [1.54, 1.807) is 13.8 Å². The lowest BCUT2D eigenvalue weighted by Gasteiger charge is -2.32. The lowest BCUT2D eigenvalue weighted by Crippen LogP contribution is -2.59. The highest BCUT2D eigenvalue weighted by Crippen LogP contribution is 2.15. The number of carbonyl (C=O) groups excluding carboxylic acids is 2. The molecule has 0 radical (unpaired) electrons. The standard InChI is InChI=1S/C11H13N3O5/c1-5-9(19-6(2)13-5)10(16)14-4-8(15)12-3-7(14)11(17)18/h7H,3-4H2,1-2H3,(H,12,15)(H,17,18). The number of piperazine rings is 1. The lowest BCUT2D eigenvalue weighted by atomic mass is 10.1. The zero-order valence-electron chi connectivity index (χ0n) is 10.5. The van der Waals surface area contributed by atoms with Gasteiger partial charge in [0.1, 0.15) is 12.6 Å². The molecule has 19 heavy (non-hydrogen) atoms. The summed E-state index contributed by atoms with van der Waals surface area (Å²) in [4.78, 5) is 39.6. The SMILES string of the molecule is Cc1nc(C)c(C(=O)N2CC(=O)NCC2C(=O)O)o1. The zero-order valence-corrected chi connectivity index (χ0v) is 10.5. The van der Waals surface area contributed by atoms with Gasteiger partial charge >= 0.3 is 5.97 Å². The van der Waals surface area contributed by atoms with Crippen molar-refractivity contribution in [3.05, 3.63) is 17.3 Å². The van der Waals surface area contributed by atoms with Crippen molar-refractivity contribution in [1.29, 1.82) is 0 Å². The van der Waals surface area contributed by atoms with Crippen LogP contribution in [-0.4, -0.2) is 51.9 Å². The molecule has 2 rings (SSSR count). The number of carboxylic acid groups (broad SMARTS) is 1. The normalized spacial score (nSPS) is 19.2. The number of hydrogen-bond acceptors (Lipinski definition) is 5. The van der Waals surface area contributed by atoms with Crippen molar-refractivity contribution < 1.29 is 23.9 Å². The van der Waals surface area contributed by atoms with Crippen LogP contribution in [0.2, 0.25) is 0 Å². The minimum atomic E-state index is -1.18. The molecule has 0 bridgehead atoms. The predicted molar refractivity (Wildman–Crippen MR) is 61.4 cm³/mol. The summed E-state index contributed by atoms with van der Waals surface area (Å²) in [6.45, 7) is 2.74. The highest BCUT2D eigenvalue weighted by molar-refractivity contribution is 5.98. The Bertz CT molecular complexity index is 551. The third kappa shape index (κ3) is 2.42. The molecular weight excluding hydrogens is 254 g/mol. The number of oxazole rings is 1. The van der Waals surface area contributed by atoms with Crippen LogP contribution >= 0.6 is 0 Å². The fourth-order valence-electron chi connectivity index (χ4n) is 1.94. The number of nitrogens with one attached hydrogen (secondary N) is 1. The number of hydrogen-bond donors (Lipinski definition) is 2. The highest BCUT2D eigenvalue weighted by atomic mass is 16.4. The van der Waals surface area contributed by atoms with E-state index in [-0.39, 0.29) is 18.8 Å². The van der Waals surface area contributed by atoms with Crippen molar-refractivity contribution in [3.8, 4) is 0 Å². The van der Waals surface area contributed by atoms with Crippen molar-refractivity contribution in [3.63, 3.8) is 0 Å². The number of rotatable bonds is 2. The number of nitrogens with zero attached hydrogens (tertiary/aromatic N) is 2. The number of amides is 2. The lowest BCUT2D eigenvalue weighted by molar-refractivity contribution is -0.144. The van der Waals surface area contributed by atoms with Gasteiger partial charge in [-0.25, -0.2) is 9.78 Å². The molecular formula is C11H13N3O5. The van der Waals surface area contributed by atoms with Gasteiger partial charge in [-0.2, -0.15) is 0 Å². The molecule has 1 aliphatic rings. The van der Waals surface area contributed by atoms with Crippen LogP contribution in [0.1, 0.15) is 22.1 Å². The van der Waals surface area contributed by atoms with Crippen LogP contribution in [0.25, 0.3) is 0 Å². The second kappa shape index (κ2) is 4.71. The van der Waals surface area contributed by atoms with E-state index >= 15 is 0 Å². The van der Waals surface area contributed by atoms with Crippen LogP contribution in [0.15, 0.2) is 4.42 Å². The molecule has 0 aliphatic carbocycles. The number of carbonyl (C=O) groups is 3. The first-order chi connectivity index (χ1) is 8.90. The van der Waals surface area contributed by atoms with E-state index in [2.05, 4.69) is 10.3 Å². The summed E-state index contributed by atoms with van der Waals surface area (Å²) in [5, 5.41) is 11.5.